The van der Waals surface area contributed by atoms with Crippen molar-refractivity contribution in [1.82, 2.24) is 14.6 Å². The van der Waals surface area contributed by atoms with Crippen LogP contribution < -0.4 is 5.32 Å². The van der Waals surface area contributed by atoms with Crippen LogP contribution in [-0.4, -0.2) is 65.9 Å². The molecule has 2 amide bonds. The standard InChI is InChI=1S/C29H46ClN3O4/c1-12-37-27(36)20(4)18-22(19(2)3)32(10)26(35)23(28(5,6)7)31-25(34)24(33(11)30)29(8,9)21-16-14-13-15-17-21/h13-19,22-24H,12H2,1-11H3,(H,31,34)/b20-18+/t22-,23-,24-/m1/s1. The van der Waals surface area contributed by atoms with Gasteiger partial charge in [-0.1, -0.05) is 84.9 Å². The first kappa shape index (κ1) is 32.6. The second-order valence-electron chi connectivity index (χ2n) is 11.6. The van der Waals surface area contributed by atoms with Gasteiger partial charge in [-0.3, -0.25) is 9.59 Å². The largest absolute Gasteiger partial charge is 0.463 e. The SMILES string of the molecule is CCOC(=O)/C(C)=C/[C@H](C(C)C)N(C)C(=O)[C@@H](NC(=O)[C@@H](N(C)Cl)C(C)(C)c1ccccc1)C(C)(C)C. The van der Waals surface area contributed by atoms with Gasteiger partial charge in [0.15, 0.2) is 0 Å². The maximum absolute atomic E-state index is 13.9. The first-order chi connectivity index (χ1) is 17.0. The lowest BCUT2D eigenvalue weighted by atomic mass is 9.76. The first-order valence-corrected chi connectivity index (χ1v) is 13.2. The molecular formula is C29H46ClN3O4. The summed E-state index contributed by atoms with van der Waals surface area (Å²) in [6.45, 7) is 17.3. The average Bonchev–Trinajstić information content (AvgIpc) is 2.79. The molecule has 3 atom stereocenters. The quantitative estimate of drug-likeness (QED) is 0.246. The zero-order valence-corrected chi connectivity index (χ0v) is 25.1. The van der Waals surface area contributed by atoms with Gasteiger partial charge >= 0.3 is 5.97 Å². The third-order valence-corrected chi connectivity index (χ3v) is 6.90. The second-order valence-corrected chi connectivity index (χ2v) is 12.1. The highest BCUT2D eigenvalue weighted by Gasteiger charge is 2.43. The van der Waals surface area contributed by atoms with Crippen molar-refractivity contribution in [2.75, 3.05) is 20.7 Å². The monoisotopic (exact) mass is 535 g/mol. The molecule has 0 spiro atoms. The Bertz CT molecular complexity index is 952. The van der Waals surface area contributed by atoms with E-state index in [-0.39, 0.29) is 30.4 Å². The number of esters is 1. The van der Waals surface area contributed by atoms with Gasteiger partial charge < -0.3 is 15.0 Å². The van der Waals surface area contributed by atoms with Gasteiger partial charge in [0.05, 0.1) is 12.6 Å². The van der Waals surface area contributed by atoms with Crippen LogP contribution in [0, 0.1) is 11.3 Å². The number of carbonyl (C=O) groups excluding carboxylic acids is 3. The summed E-state index contributed by atoms with van der Waals surface area (Å²) in [4.78, 5) is 41.4. The summed E-state index contributed by atoms with van der Waals surface area (Å²) >= 11 is 6.44. The Morgan fingerprint density at radius 3 is 2.03 bits per heavy atom. The molecule has 208 valence electrons. The van der Waals surface area contributed by atoms with Crippen molar-refractivity contribution in [3.05, 3.63) is 47.5 Å². The zero-order chi connectivity index (χ0) is 28.7. The molecule has 0 unspecified atom stereocenters. The smallest absolute Gasteiger partial charge is 0.333 e. The van der Waals surface area contributed by atoms with E-state index >= 15 is 0 Å². The lowest BCUT2D eigenvalue weighted by Crippen LogP contribution is -2.61. The van der Waals surface area contributed by atoms with E-state index in [0.717, 1.165) is 5.56 Å². The van der Waals surface area contributed by atoms with Crippen molar-refractivity contribution < 1.29 is 19.1 Å². The molecule has 0 fully saturated rings. The summed E-state index contributed by atoms with van der Waals surface area (Å²) < 4.78 is 6.48. The molecule has 1 N–H and O–H groups in total. The number of hydrogen-bond acceptors (Lipinski definition) is 5. The minimum absolute atomic E-state index is 0.0217. The Morgan fingerprint density at radius 1 is 1.05 bits per heavy atom. The van der Waals surface area contributed by atoms with Gasteiger partial charge in [0.25, 0.3) is 0 Å². The number of amides is 2. The highest BCUT2D eigenvalue weighted by Crippen LogP contribution is 2.32. The highest BCUT2D eigenvalue weighted by molar-refractivity contribution is 6.15. The van der Waals surface area contributed by atoms with Crippen molar-refractivity contribution in [3.63, 3.8) is 0 Å². The van der Waals surface area contributed by atoms with Crippen molar-refractivity contribution in [3.8, 4) is 0 Å². The van der Waals surface area contributed by atoms with Gasteiger partial charge in [-0.15, -0.1) is 0 Å². The van der Waals surface area contributed by atoms with E-state index in [2.05, 4.69) is 5.32 Å². The molecule has 1 rings (SSSR count). The molecule has 1 aromatic rings. The van der Waals surface area contributed by atoms with E-state index in [0.29, 0.717) is 5.57 Å². The van der Waals surface area contributed by atoms with E-state index in [1.165, 1.54) is 4.42 Å². The summed E-state index contributed by atoms with van der Waals surface area (Å²) in [5.41, 5.74) is 0.163. The number of rotatable bonds is 11. The van der Waals surface area contributed by atoms with E-state index in [4.69, 9.17) is 16.5 Å². The predicted octanol–water partition coefficient (Wildman–Crippen LogP) is 4.94. The molecule has 0 heterocycles. The lowest BCUT2D eigenvalue weighted by Gasteiger charge is -2.41. The van der Waals surface area contributed by atoms with Gasteiger partial charge in [0.2, 0.25) is 11.8 Å². The number of hydrogen-bond donors (Lipinski definition) is 1. The van der Waals surface area contributed by atoms with Gasteiger partial charge in [0, 0.05) is 25.1 Å². The van der Waals surface area contributed by atoms with Gasteiger partial charge in [-0.05, 0) is 42.5 Å². The number of benzene rings is 1. The number of likely N-dealkylation sites (N-methyl/N-ethyl adjacent to an activating group) is 2. The van der Waals surface area contributed by atoms with Gasteiger partial charge in [0.1, 0.15) is 12.1 Å². The Balaban J connectivity index is 3.35. The van der Waals surface area contributed by atoms with Crippen LogP contribution >= 0.6 is 11.8 Å². The lowest BCUT2D eigenvalue weighted by molar-refractivity contribution is -0.141. The number of ether oxygens (including phenoxy) is 1. The molecule has 0 aliphatic rings. The van der Waals surface area contributed by atoms with Crippen LogP contribution in [0.3, 0.4) is 0 Å². The molecule has 0 saturated heterocycles. The third kappa shape index (κ3) is 8.57. The second kappa shape index (κ2) is 13.4. The van der Waals surface area contributed by atoms with Crippen molar-refractivity contribution in [2.24, 2.45) is 11.3 Å². The number of carbonyl (C=O) groups is 3. The number of nitrogens with zero attached hydrogens (tertiary/aromatic N) is 2. The fourth-order valence-corrected chi connectivity index (χ4v) is 4.83. The van der Waals surface area contributed by atoms with Crippen LogP contribution in [0.25, 0.3) is 0 Å². The van der Waals surface area contributed by atoms with Crippen LogP contribution in [-0.2, 0) is 24.5 Å². The maximum atomic E-state index is 13.9. The third-order valence-electron chi connectivity index (χ3n) is 6.70. The molecule has 8 heteroatoms. The maximum Gasteiger partial charge on any atom is 0.333 e. The highest BCUT2D eigenvalue weighted by atomic mass is 35.5. The molecular weight excluding hydrogens is 490 g/mol. The average molecular weight is 536 g/mol. The molecule has 0 radical (unpaired) electrons. The molecule has 7 nitrogen and oxygen atoms in total. The van der Waals surface area contributed by atoms with Crippen LogP contribution in [0.1, 0.15) is 67.9 Å². The van der Waals surface area contributed by atoms with E-state index in [1.807, 2.05) is 78.8 Å². The first-order valence-electron chi connectivity index (χ1n) is 12.8. The molecule has 37 heavy (non-hydrogen) atoms. The summed E-state index contributed by atoms with van der Waals surface area (Å²) in [5.74, 6) is -0.979. The Hall–Kier alpha value is -2.38. The van der Waals surface area contributed by atoms with Crippen molar-refractivity contribution in [1.29, 1.82) is 0 Å². The topological polar surface area (TPSA) is 79.0 Å². The van der Waals surface area contributed by atoms with Crippen molar-refractivity contribution in [2.45, 2.75) is 85.9 Å². The molecule has 0 saturated carbocycles. The molecule has 1 aromatic carbocycles. The Kier molecular flexibility index (Phi) is 11.8. The number of nitrogens with one attached hydrogen (secondary N) is 1. The normalized spacial score (nSPS) is 15.2. The molecule has 0 aliphatic carbocycles. The minimum atomic E-state index is -0.826. The summed E-state index contributed by atoms with van der Waals surface area (Å²) in [5, 5.41) is 3.02. The summed E-state index contributed by atoms with van der Waals surface area (Å²) in [6.07, 6.45) is 1.76. The predicted molar refractivity (Wildman–Crippen MR) is 150 cm³/mol. The zero-order valence-electron chi connectivity index (χ0n) is 24.4. The van der Waals surface area contributed by atoms with Crippen LogP contribution in [0.4, 0.5) is 0 Å². The summed E-state index contributed by atoms with van der Waals surface area (Å²) in [7, 11) is 3.35. The van der Waals surface area contributed by atoms with Crippen molar-refractivity contribution >= 4 is 29.6 Å². The molecule has 0 bridgehead atoms. The Labute approximate surface area is 228 Å². The van der Waals surface area contributed by atoms with Gasteiger partial charge in [-0.25, -0.2) is 9.21 Å². The fourth-order valence-electron chi connectivity index (χ4n) is 4.50. The summed E-state index contributed by atoms with van der Waals surface area (Å²) in [6, 6.07) is 7.76. The van der Waals surface area contributed by atoms with Crippen LogP contribution in [0.2, 0.25) is 0 Å². The minimum Gasteiger partial charge on any atom is -0.463 e. The Morgan fingerprint density at radius 2 is 1.59 bits per heavy atom. The molecule has 0 aliphatic heterocycles. The number of halogens is 1. The van der Waals surface area contributed by atoms with E-state index < -0.39 is 28.9 Å². The van der Waals surface area contributed by atoms with Gasteiger partial charge in [-0.2, -0.15) is 0 Å². The van der Waals surface area contributed by atoms with Crippen LogP contribution in [0.5, 0.6) is 0 Å². The van der Waals surface area contributed by atoms with E-state index in [1.54, 1.807) is 38.9 Å². The van der Waals surface area contributed by atoms with E-state index in [9.17, 15) is 14.4 Å². The molecule has 0 aromatic heterocycles. The van der Waals surface area contributed by atoms with Crippen LogP contribution in [0.15, 0.2) is 42.0 Å². The fraction of sp³-hybridized carbons (Fsp3) is 0.621.